The molecule has 1 aromatic heterocycles. The summed E-state index contributed by atoms with van der Waals surface area (Å²) < 4.78 is 1.89. The lowest BCUT2D eigenvalue weighted by Crippen LogP contribution is -2.30. The van der Waals surface area contributed by atoms with Crippen LogP contribution in [0.15, 0.2) is 12.4 Å². The molecule has 1 fully saturated rings. The second-order valence-corrected chi connectivity index (χ2v) is 5.56. The lowest BCUT2D eigenvalue weighted by atomic mass is 9.98. The summed E-state index contributed by atoms with van der Waals surface area (Å²) >= 11 is 0. The molecule has 1 aliphatic rings. The molecule has 90 valence electrons. The van der Waals surface area contributed by atoms with Crippen molar-refractivity contribution in [3.63, 3.8) is 0 Å². The Morgan fingerprint density at radius 2 is 2.25 bits per heavy atom. The predicted octanol–water partition coefficient (Wildman–Crippen LogP) is 2.13. The van der Waals surface area contributed by atoms with Crippen LogP contribution in [-0.2, 0) is 13.5 Å². The Morgan fingerprint density at radius 1 is 1.50 bits per heavy atom. The van der Waals surface area contributed by atoms with Gasteiger partial charge >= 0.3 is 0 Å². The molecule has 2 rings (SSSR count). The van der Waals surface area contributed by atoms with Crippen LogP contribution in [0.2, 0.25) is 0 Å². The van der Waals surface area contributed by atoms with E-state index in [-0.39, 0.29) is 0 Å². The summed E-state index contributed by atoms with van der Waals surface area (Å²) in [5.41, 5.74) is 1.97. The molecule has 0 aliphatic heterocycles. The van der Waals surface area contributed by atoms with Crippen molar-refractivity contribution in [2.75, 3.05) is 6.54 Å². The highest BCUT2D eigenvalue weighted by molar-refractivity contribution is 5.06. The molecular weight excluding hydrogens is 198 g/mol. The first-order valence-corrected chi connectivity index (χ1v) is 6.31. The first kappa shape index (κ1) is 11.6. The summed E-state index contributed by atoms with van der Waals surface area (Å²) in [7, 11) is 1.98. The molecule has 1 N–H and O–H groups in total. The Labute approximate surface area is 98.2 Å². The third kappa shape index (κ3) is 3.08. The number of hydrogen-bond acceptors (Lipinski definition) is 2. The maximum atomic E-state index is 4.21. The lowest BCUT2D eigenvalue weighted by Gasteiger charge is -2.17. The van der Waals surface area contributed by atoms with Gasteiger partial charge in [0.25, 0.3) is 0 Å². The number of rotatable bonds is 6. The molecular formula is C13H23N3. The van der Waals surface area contributed by atoms with E-state index in [0.717, 1.165) is 0 Å². The third-order valence-electron chi connectivity index (χ3n) is 3.54. The molecule has 0 atom stereocenters. The summed E-state index contributed by atoms with van der Waals surface area (Å²) in [5.74, 6) is 0. The Bertz CT molecular complexity index is 337. The minimum absolute atomic E-state index is 0.597. The highest BCUT2D eigenvalue weighted by atomic mass is 15.2. The van der Waals surface area contributed by atoms with Gasteiger partial charge in [0.2, 0.25) is 0 Å². The van der Waals surface area contributed by atoms with Gasteiger partial charge in [0.1, 0.15) is 0 Å². The first-order chi connectivity index (χ1) is 7.60. The van der Waals surface area contributed by atoms with Crippen molar-refractivity contribution in [2.24, 2.45) is 12.5 Å². The quantitative estimate of drug-likeness (QED) is 0.797. The molecule has 0 radical (unpaired) electrons. The standard InChI is InChI=1S/C13H23N3/c1-11(2)14-10-13(6-7-13)5-4-12-8-15-16(3)9-12/h8-9,11,14H,4-7,10H2,1-3H3. The molecule has 3 heteroatoms. The molecule has 1 aliphatic carbocycles. The van der Waals surface area contributed by atoms with E-state index in [1.165, 1.54) is 37.8 Å². The van der Waals surface area contributed by atoms with Crippen LogP contribution in [0.1, 0.15) is 38.7 Å². The van der Waals surface area contributed by atoms with E-state index < -0.39 is 0 Å². The van der Waals surface area contributed by atoms with Crippen LogP contribution in [0.5, 0.6) is 0 Å². The highest BCUT2D eigenvalue weighted by Crippen LogP contribution is 2.48. The van der Waals surface area contributed by atoms with Crippen molar-refractivity contribution >= 4 is 0 Å². The molecule has 0 aromatic carbocycles. The van der Waals surface area contributed by atoms with Crippen molar-refractivity contribution in [2.45, 2.75) is 45.6 Å². The Morgan fingerprint density at radius 3 is 2.75 bits per heavy atom. The topological polar surface area (TPSA) is 29.9 Å². The van der Waals surface area contributed by atoms with E-state index >= 15 is 0 Å². The lowest BCUT2D eigenvalue weighted by molar-refractivity contribution is 0.406. The van der Waals surface area contributed by atoms with Gasteiger partial charge in [-0.25, -0.2) is 0 Å². The average molecular weight is 221 g/mol. The molecule has 0 unspecified atom stereocenters. The molecule has 3 nitrogen and oxygen atoms in total. The van der Waals surface area contributed by atoms with Gasteiger partial charge in [-0.15, -0.1) is 0 Å². The number of nitrogens with one attached hydrogen (secondary N) is 1. The van der Waals surface area contributed by atoms with Crippen LogP contribution >= 0.6 is 0 Å². The number of nitrogens with zero attached hydrogens (tertiary/aromatic N) is 2. The van der Waals surface area contributed by atoms with E-state index in [1.54, 1.807) is 0 Å². The SMILES string of the molecule is CC(C)NCC1(CCc2cnn(C)c2)CC1. The van der Waals surface area contributed by atoms with Crippen LogP contribution in [0.25, 0.3) is 0 Å². The molecule has 1 saturated carbocycles. The van der Waals surface area contributed by atoms with Gasteiger partial charge in [0.05, 0.1) is 6.20 Å². The zero-order valence-corrected chi connectivity index (χ0v) is 10.7. The minimum atomic E-state index is 0.597. The molecule has 0 amide bonds. The van der Waals surface area contributed by atoms with Gasteiger partial charge in [0, 0.05) is 25.8 Å². The van der Waals surface area contributed by atoms with Crippen molar-refractivity contribution in [1.29, 1.82) is 0 Å². The van der Waals surface area contributed by atoms with Crippen LogP contribution in [0.4, 0.5) is 0 Å². The molecule has 0 spiro atoms. The van der Waals surface area contributed by atoms with Gasteiger partial charge in [0.15, 0.2) is 0 Å². The minimum Gasteiger partial charge on any atom is -0.314 e. The number of hydrogen-bond donors (Lipinski definition) is 1. The van der Waals surface area contributed by atoms with Crippen molar-refractivity contribution in [3.8, 4) is 0 Å². The van der Waals surface area contributed by atoms with Crippen LogP contribution < -0.4 is 5.32 Å². The molecule has 0 saturated heterocycles. The maximum Gasteiger partial charge on any atom is 0.0521 e. The third-order valence-corrected chi connectivity index (χ3v) is 3.54. The fraction of sp³-hybridized carbons (Fsp3) is 0.769. The van der Waals surface area contributed by atoms with Crippen molar-refractivity contribution in [1.82, 2.24) is 15.1 Å². The van der Waals surface area contributed by atoms with Gasteiger partial charge in [-0.3, -0.25) is 4.68 Å². The van der Waals surface area contributed by atoms with Crippen LogP contribution in [0.3, 0.4) is 0 Å². The summed E-state index contributed by atoms with van der Waals surface area (Å²) in [6, 6.07) is 0.607. The zero-order chi connectivity index (χ0) is 11.6. The second kappa shape index (κ2) is 4.58. The maximum absolute atomic E-state index is 4.21. The summed E-state index contributed by atoms with van der Waals surface area (Å²) in [4.78, 5) is 0. The molecule has 1 heterocycles. The fourth-order valence-corrected chi connectivity index (χ4v) is 2.12. The highest BCUT2D eigenvalue weighted by Gasteiger charge is 2.41. The van der Waals surface area contributed by atoms with Gasteiger partial charge in [-0.2, -0.15) is 5.10 Å². The molecule has 16 heavy (non-hydrogen) atoms. The van der Waals surface area contributed by atoms with Crippen molar-refractivity contribution in [3.05, 3.63) is 18.0 Å². The Balaban J connectivity index is 1.77. The number of aromatic nitrogens is 2. The first-order valence-electron chi connectivity index (χ1n) is 6.31. The monoisotopic (exact) mass is 221 g/mol. The molecule has 0 bridgehead atoms. The van der Waals surface area contributed by atoms with Crippen molar-refractivity contribution < 1.29 is 0 Å². The van der Waals surface area contributed by atoms with Crippen LogP contribution in [0, 0.1) is 5.41 Å². The fourth-order valence-electron chi connectivity index (χ4n) is 2.12. The zero-order valence-electron chi connectivity index (χ0n) is 10.7. The van der Waals surface area contributed by atoms with Gasteiger partial charge in [-0.05, 0) is 36.7 Å². The summed E-state index contributed by atoms with van der Waals surface area (Å²) in [6.07, 6.45) is 9.39. The average Bonchev–Trinajstić information content (AvgIpc) is 2.90. The largest absolute Gasteiger partial charge is 0.314 e. The van der Waals surface area contributed by atoms with E-state index in [9.17, 15) is 0 Å². The normalized spacial score (nSPS) is 18.0. The van der Waals surface area contributed by atoms with Gasteiger partial charge < -0.3 is 5.32 Å². The number of aryl methyl sites for hydroxylation is 2. The van der Waals surface area contributed by atoms with Gasteiger partial charge in [-0.1, -0.05) is 13.8 Å². The smallest absolute Gasteiger partial charge is 0.0521 e. The van der Waals surface area contributed by atoms with E-state index in [2.05, 4.69) is 30.5 Å². The summed E-state index contributed by atoms with van der Waals surface area (Å²) in [5, 5.41) is 7.78. The second-order valence-electron chi connectivity index (χ2n) is 5.56. The Hall–Kier alpha value is -0.830. The van der Waals surface area contributed by atoms with E-state index in [4.69, 9.17) is 0 Å². The van der Waals surface area contributed by atoms with Crippen LogP contribution in [-0.4, -0.2) is 22.4 Å². The Kier molecular flexibility index (Phi) is 3.33. The summed E-state index contributed by atoms with van der Waals surface area (Å²) in [6.45, 7) is 5.62. The predicted molar refractivity (Wildman–Crippen MR) is 66.3 cm³/mol. The van der Waals surface area contributed by atoms with E-state index in [1.807, 2.05) is 17.9 Å². The molecule has 1 aromatic rings. The van der Waals surface area contributed by atoms with E-state index in [0.29, 0.717) is 11.5 Å².